The van der Waals surface area contributed by atoms with E-state index in [0.29, 0.717) is 11.4 Å². The highest BCUT2D eigenvalue weighted by atomic mass is 16.1. The van der Waals surface area contributed by atoms with Gasteiger partial charge in [-0.3, -0.25) is 9.78 Å². The van der Waals surface area contributed by atoms with Crippen molar-refractivity contribution in [3.05, 3.63) is 47.8 Å². The van der Waals surface area contributed by atoms with E-state index in [1.54, 1.807) is 6.20 Å². The summed E-state index contributed by atoms with van der Waals surface area (Å²) < 4.78 is 0. The molecule has 1 heterocycles. The highest BCUT2D eigenvalue weighted by Gasteiger charge is 2.17. The van der Waals surface area contributed by atoms with Gasteiger partial charge in [-0.15, -0.1) is 0 Å². The molecular formula is C17H20N2O. The fraction of sp³-hybridized carbons (Fsp3) is 0.294. The Morgan fingerprint density at radius 1 is 1.30 bits per heavy atom. The SMILES string of the molecule is CCC(C)C(=O)c1ncc(-c2cccc(C)c2)cc1N. The molecule has 0 fully saturated rings. The minimum atomic E-state index is -0.0466. The van der Waals surface area contributed by atoms with Gasteiger partial charge in [0.05, 0.1) is 5.69 Å². The van der Waals surface area contributed by atoms with Crippen LogP contribution >= 0.6 is 0 Å². The maximum Gasteiger partial charge on any atom is 0.186 e. The molecule has 0 aliphatic heterocycles. The molecule has 1 atom stereocenters. The van der Waals surface area contributed by atoms with Crippen LogP contribution in [-0.4, -0.2) is 10.8 Å². The normalized spacial score (nSPS) is 12.2. The molecule has 1 aromatic heterocycles. The highest BCUT2D eigenvalue weighted by Crippen LogP contribution is 2.24. The molecule has 0 aliphatic carbocycles. The van der Waals surface area contributed by atoms with E-state index in [0.717, 1.165) is 17.5 Å². The van der Waals surface area contributed by atoms with Gasteiger partial charge in [-0.2, -0.15) is 0 Å². The predicted molar refractivity (Wildman–Crippen MR) is 82.6 cm³/mol. The van der Waals surface area contributed by atoms with Crippen molar-refractivity contribution in [1.82, 2.24) is 4.98 Å². The Hall–Kier alpha value is -2.16. The maximum atomic E-state index is 12.2. The summed E-state index contributed by atoms with van der Waals surface area (Å²) in [4.78, 5) is 16.4. The molecule has 2 rings (SSSR count). The Balaban J connectivity index is 2.37. The third kappa shape index (κ3) is 2.87. The summed E-state index contributed by atoms with van der Waals surface area (Å²) in [6, 6.07) is 9.96. The molecule has 3 heteroatoms. The number of aromatic nitrogens is 1. The molecule has 2 aromatic rings. The second kappa shape index (κ2) is 5.87. The van der Waals surface area contributed by atoms with Crippen LogP contribution in [0.15, 0.2) is 36.5 Å². The molecule has 2 N–H and O–H groups in total. The molecule has 0 bridgehead atoms. The van der Waals surface area contributed by atoms with Crippen LogP contribution in [0.5, 0.6) is 0 Å². The number of nitrogens with two attached hydrogens (primary N) is 1. The first kappa shape index (κ1) is 14.3. The summed E-state index contributed by atoms with van der Waals surface area (Å²) in [6.45, 7) is 5.93. The molecule has 0 spiro atoms. The Bertz CT molecular complexity index is 635. The van der Waals surface area contributed by atoms with E-state index in [9.17, 15) is 4.79 Å². The molecule has 1 unspecified atom stereocenters. The minimum Gasteiger partial charge on any atom is -0.397 e. The molecule has 0 saturated heterocycles. The van der Waals surface area contributed by atoms with E-state index in [4.69, 9.17) is 5.73 Å². The Morgan fingerprint density at radius 3 is 2.65 bits per heavy atom. The van der Waals surface area contributed by atoms with Crippen molar-refractivity contribution in [2.45, 2.75) is 27.2 Å². The van der Waals surface area contributed by atoms with Crippen molar-refractivity contribution >= 4 is 11.5 Å². The number of hydrogen-bond acceptors (Lipinski definition) is 3. The molecular weight excluding hydrogens is 248 g/mol. The summed E-state index contributed by atoms with van der Waals surface area (Å²) in [5, 5.41) is 0. The number of carbonyl (C=O) groups is 1. The number of ketones is 1. The van der Waals surface area contributed by atoms with E-state index < -0.39 is 0 Å². The lowest BCUT2D eigenvalue weighted by atomic mass is 9.98. The van der Waals surface area contributed by atoms with Crippen LogP contribution < -0.4 is 5.73 Å². The van der Waals surface area contributed by atoms with Gasteiger partial charge >= 0.3 is 0 Å². The third-order valence-corrected chi connectivity index (χ3v) is 3.56. The van der Waals surface area contributed by atoms with E-state index >= 15 is 0 Å². The average Bonchev–Trinajstić information content (AvgIpc) is 2.45. The summed E-state index contributed by atoms with van der Waals surface area (Å²) in [5.74, 6) is -0.0320. The van der Waals surface area contributed by atoms with Crippen LogP contribution in [0.2, 0.25) is 0 Å². The van der Waals surface area contributed by atoms with Gasteiger partial charge in [0.15, 0.2) is 5.78 Å². The topological polar surface area (TPSA) is 56.0 Å². The molecule has 104 valence electrons. The van der Waals surface area contributed by atoms with Crippen LogP contribution in [0.1, 0.15) is 36.3 Å². The number of anilines is 1. The highest BCUT2D eigenvalue weighted by molar-refractivity contribution is 6.00. The van der Waals surface area contributed by atoms with Crippen LogP contribution in [-0.2, 0) is 0 Å². The number of rotatable bonds is 4. The van der Waals surface area contributed by atoms with Gasteiger partial charge in [0.25, 0.3) is 0 Å². The van der Waals surface area contributed by atoms with Crippen molar-refractivity contribution in [1.29, 1.82) is 0 Å². The second-order valence-electron chi connectivity index (χ2n) is 5.20. The van der Waals surface area contributed by atoms with E-state index in [1.165, 1.54) is 5.56 Å². The van der Waals surface area contributed by atoms with Gasteiger partial charge in [0.1, 0.15) is 5.69 Å². The average molecular weight is 268 g/mol. The summed E-state index contributed by atoms with van der Waals surface area (Å²) >= 11 is 0. The zero-order valence-electron chi connectivity index (χ0n) is 12.2. The van der Waals surface area contributed by atoms with Gasteiger partial charge in [0.2, 0.25) is 0 Å². The van der Waals surface area contributed by atoms with Gasteiger partial charge < -0.3 is 5.73 Å². The number of pyridine rings is 1. The Morgan fingerprint density at radius 2 is 2.05 bits per heavy atom. The van der Waals surface area contributed by atoms with Crippen LogP contribution in [0.25, 0.3) is 11.1 Å². The van der Waals surface area contributed by atoms with Crippen molar-refractivity contribution in [2.75, 3.05) is 5.73 Å². The number of nitrogen functional groups attached to an aromatic ring is 1. The molecule has 20 heavy (non-hydrogen) atoms. The molecule has 0 aliphatic rings. The smallest absolute Gasteiger partial charge is 0.186 e. The number of aryl methyl sites for hydroxylation is 1. The van der Waals surface area contributed by atoms with Crippen molar-refractivity contribution in [3.63, 3.8) is 0 Å². The molecule has 0 saturated carbocycles. The van der Waals surface area contributed by atoms with Crippen LogP contribution in [0.4, 0.5) is 5.69 Å². The number of hydrogen-bond donors (Lipinski definition) is 1. The van der Waals surface area contributed by atoms with Crippen molar-refractivity contribution in [3.8, 4) is 11.1 Å². The van der Waals surface area contributed by atoms with Crippen LogP contribution in [0.3, 0.4) is 0 Å². The zero-order chi connectivity index (χ0) is 14.7. The molecule has 3 nitrogen and oxygen atoms in total. The van der Waals surface area contributed by atoms with Gasteiger partial charge in [-0.25, -0.2) is 0 Å². The quantitative estimate of drug-likeness (QED) is 0.856. The zero-order valence-corrected chi connectivity index (χ0v) is 12.2. The maximum absolute atomic E-state index is 12.2. The number of carbonyl (C=O) groups excluding carboxylic acids is 1. The minimum absolute atomic E-state index is 0.0146. The Kier molecular flexibility index (Phi) is 4.18. The largest absolute Gasteiger partial charge is 0.397 e. The number of nitrogens with zero attached hydrogens (tertiary/aromatic N) is 1. The van der Waals surface area contributed by atoms with Crippen molar-refractivity contribution in [2.24, 2.45) is 5.92 Å². The fourth-order valence-electron chi connectivity index (χ4n) is 2.09. The molecule has 0 radical (unpaired) electrons. The van der Waals surface area contributed by atoms with E-state index in [-0.39, 0.29) is 11.7 Å². The van der Waals surface area contributed by atoms with Crippen molar-refractivity contribution < 1.29 is 4.79 Å². The van der Waals surface area contributed by atoms with E-state index in [2.05, 4.69) is 11.1 Å². The number of Topliss-reactive ketones (excluding diaryl/α,β-unsaturated/α-hetero) is 1. The monoisotopic (exact) mass is 268 g/mol. The number of benzene rings is 1. The predicted octanol–water partition coefficient (Wildman–Crippen LogP) is 3.87. The lowest BCUT2D eigenvalue weighted by Crippen LogP contribution is -2.14. The molecule has 0 amide bonds. The first-order valence-corrected chi connectivity index (χ1v) is 6.89. The van der Waals surface area contributed by atoms with Gasteiger partial charge in [-0.05, 0) is 25.0 Å². The van der Waals surface area contributed by atoms with Gasteiger partial charge in [0, 0.05) is 17.7 Å². The lowest BCUT2D eigenvalue weighted by molar-refractivity contribution is 0.0923. The van der Waals surface area contributed by atoms with Crippen LogP contribution in [0, 0.1) is 12.8 Å². The first-order chi connectivity index (χ1) is 9.52. The standard InChI is InChI=1S/C17H20N2O/c1-4-12(3)17(20)16-15(18)9-14(10-19-16)13-7-5-6-11(2)8-13/h5-10,12H,4,18H2,1-3H3. The second-order valence-corrected chi connectivity index (χ2v) is 5.20. The summed E-state index contributed by atoms with van der Waals surface area (Å²) in [7, 11) is 0. The summed E-state index contributed by atoms with van der Waals surface area (Å²) in [6.07, 6.45) is 2.51. The third-order valence-electron chi connectivity index (χ3n) is 3.56. The first-order valence-electron chi connectivity index (χ1n) is 6.89. The summed E-state index contributed by atoms with van der Waals surface area (Å²) in [5.41, 5.74) is 10.0. The Labute approximate surface area is 119 Å². The lowest BCUT2D eigenvalue weighted by Gasteiger charge is -2.10. The van der Waals surface area contributed by atoms with E-state index in [1.807, 2.05) is 45.0 Å². The molecule has 1 aromatic carbocycles. The van der Waals surface area contributed by atoms with Gasteiger partial charge in [-0.1, -0.05) is 43.7 Å². The fourth-order valence-corrected chi connectivity index (χ4v) is 2.09.